The first-order valence-corrected chi connectivity index (χ1v) is 7.33. The average Bonchev–Trinajstić information content (AvgIpc) is 2.87. The summed E-state index contributed by atoms with van der Waals surface area (Å²) in [6.45, 7) is 7.37. The van der Waals surface area contributed by atoms with Gasteiger partial charge in [0.15, 0.2) is 0 Å². The molecule has 2 saturated heterocycles. The Labute approximate surface area is 115 Å². The molecule has 3 nitrogen and oxygen atoms in total. The minimum atomic E-state index is 0.377. The van der Waals surface area contributed by atoms with Crippen LogP contribution in [-0.2, 0) is 4.74 Å². The lowest BCUT2D eigenvalue weighted by Gasteiger charge is -2.39. The van der Waals surface area contributed by atoms with Gasteiger partial charge in [0.05, 0.1) is 0 Å². The number of ether oxygens (including phenoxy) is 2. The van der Waals surface area contributed by atoms with Crippen molar-refractivity contribution in [2.45, 2.75) is 25.9 Å². The van der Waals surface area contributed by atoms with Gasteiger partial charge in [0.2, 0.25) is 0 Å². The quantitative estimate of drug-likeness (QED) is 0.813. The molecule has 0 aromatic heterocycles. The zero-order chi connectivity index (χ0) is 13.1. The first kappa shape index (κ1) is 12.9. The van der Waals surface area contributed by atoms with E-state index in [1.54, 1.807) is 0 Å². The number of nitrogens with zero attached hydrogens (tertiary/aromatic N) is 1. The molecule has 0 N–H and O–H groups in total. The maximum atomic E-state index is 5.94. The molecule has 2 heterocycles. The van der Waals surface area contributed by atoms with E-state index in [4.69, 9.17) is 9.47 Å². The molecule has 104 valence electrons. The number of hydrogen-bond donors (Lipinski definition) is 0. The fraction of sp³-hybridized carbons (Fsp3) is 0.625. The molecule has 0 bridgehead atoms. The van der Waals surface area contributed by atoms with Crippen LogP contribution in [0.4, 0.5) is 0 Å². The molecule has 0 unspecified atom stereocenters. The third-order valence-electron chi connectivity index (χ3n) is 4.12. The smallest absolute Gasteiger partial charge is 0.124 e. The lowest BCUT2D eigenvalue weighted by atomic mass is 10.0. The van der Waals surface area contributed by atoms with E-state index in [-0.39, 0.29) is 0 Å². The van der Waals surface area contributed by atoms with E-state index < -0.39 is 0 Å². The highest BCUT2D eigenvalue weighted by Crippen LogP contribution is 2.21. The van der Waals surface area contributed by atoms with Crippen molar-refractivity contribution in [2.75, 3.05) is 32.8 Å². The van der Waals surface area contributed by atoms with Gasteiger partial charge >= 0.3 is 0 Å². The second-order valence-electron chi connectivity index (χ2n) is 5.83. The first-order valence-electron chi connectivity index (χ1n) is 7.33. The number of hydrogen-bond acceptors (Lipinski definition) is 3. The van der Waals surface area contributed by atoms with Crippen LogP contribution in [0.15, 0.2) is 24.3 Å². The molecule has 1 aromatic carbocycles. The number of rotatable bonds is 5. The van der Waals surface area contributed by atoms with Crippen molar-refractivity contribution in [3.63, 3.8) is 0 Å². The van der Waals surface area contributed by atoms with Crippen LogP contribution < -0.4 is 4.74 Å². The van der Waals surface area contributed by atoms with Gasteiger partial charge in [0.1, 0.15) is 11.9 Å². The van der Waals surface area contributed by atoms with E-state index in [0.29, 0.717) is 6.10 Å². The largest absolute Gasteiger partial charge is 0.488 e. The lowest BCUT2D eigenvalue weighted by Crippen LogP contribution is -2.54. The van der Waals surface area contributed by atoms with Crippen molar-refractivity contribution in [1.29, 1.82) is 0 Å². The maximum absolute atomic E-state index is 5.94. The minimum Gasteiger partial charge on any atom is -0.488 e. The van der Waals surface area contributed by atoms with E-state index in [1.165, 1.54) is 24.9 Å². The molecule has 3 rings (SSSR count). The molecule has 2 aliphatic heterocycles. The van der Waals surface area contributed by atoms with Gasteiger partial charge in [-0.3, -0.25) is 4.90 Å². The van der Waals surface area contributed by atoms with Gasteiger partial charge < -0.3 is 9.47 Å². The van der Waals surface area contributed by atoms with Crippen LogP contribution in [0.3, 0.4) is 0 Å². The summed E-state index contributed by atoms with van der Waals surface area (Å²) >= 11 is 0. The summed E-state index contributed by atoms with van der Waals surface area (Å²) in [5.74, 6) is 1.79. The van der Waals surface area contributed by atoms with E-state index >= 15 is 0 Å². The summed E-state index contributed by atoms with van der Waals surface area (Å²) in [5, 5.41) is 0. The zero-order valence-electron chi connectivity index (χ0n) is 11.7. The number of likely N-dealkylation sites (tertiary alicyclic amines) is 1. The molecule has 1 atom stereocenters. The zero-order valence-corrected chi connectivity index (χ0v) is 11.7. The second kappa shape index (κ2) is 5.93. The Bertz CT molecular complexity index is 392. The summed E-state index contributed by atoms with van der Waals surface area (Å²) < 4.78 is 11.3. The minimum absolute atomic E-state index is 0.377. The van der Waals surface area contributed by atoms with Crippen molar-refractivity contribution >= 4 is 0 Å². The standard InChI is InChI=1S/C16H23NO2/c1-13-2-4-15(5-3-13)19-16-10-17(11-16)8-6-14-7-9-18-12-14/h2-5,14,16H,6-12H2,1H3/t14-/m1/s1. The normalized spacial score (nSPS) is 24.4. The van der Waals surface area contributed by atoms with E-state index in [9.17, 15) is 0 Å². The lowest BCUT2D eigenvalue weighted by molar-refractivity contribution is 0.0164. The van der Waals surface area contributed by atoms with Crippen molar-refractivity contribution in [1.82, 2.24) is 4.90 Å². The Morgan fingerprint density at radius 3 is 2.74 bits per heavy atom. The van der Waals surface area contributed by atoms with Gasteiger partial charge in [-0.15, -0.1) is 0 Å². The van der Waals surface area contributed by atoms with Gasteiger partial charge in [-0.25, -0.2) is 0 Å². The summed E-state index contributed by atoms with van der Waals surface area (Å²) in [5.41, 5.74) is 1.28. The third-order valence-corrected chi connectivity index (χ3v) is 4.12. The summed E-state index contributed by atoms with van der Waals surface area (Å²) in [4.78, 5) is 2.48. The van der Waals surface area contributed by atoms with Crippen LogP contribution in [0, 0.1) is 12.8 Å². The van der Waals surface area contributed by atoms with Gasteiger partial charge in [0.25, 0.3) is 0 Å². The SMILES string of the molecule is Cc1ccc(OC2CN(CC[C@@H]3CCOC3)C2)cc1. The third kappa shape index (κ3) is 3.48. The van der Waals surface area contributed by atoms with Crippen molar-refractivity contribution in [2.24, 2.45) is 5.92 Å². The van der Waals surface area contributed by atoms with Crippen molar-refractivity contribution in [3.8, 4) is 5.75 Å². The Kier molecular flexibility index (Phi) is 4.04. The van der Waals surface area contributed by atoms with Gasteiger partial charge in [0, 0.05) is 26.3 Å². The topological polar surface area (TPSA) is 21.7 Å². The molecule has 0 amide bonds. The highest BCUT2D eigenvalue weighted by molar-refractivity contribution is 5.26. The molecule has 2 fully saturated rings. The Morgan fingerprint density at radius 2 is 2.05 bits per heavy atom. The van der Waals surface area contributed by atoms with Crippen LogP contribution in [0.2, 0.25) is 0 Å². The monoisotopic (exact) mass is 261 g/mol. The molecule has 2 aliphatic rings. The molecule has 19 heavy (non-hydrogen) atoms. The highest BCUT2D eigenvalue weighted by Gasteiger charge is 2.29. The maximum Gasteiger partial charge on any atom is 0.124 e. The molecular weight excluding hydrogens is 238 g/mol. The first-order chi connectivity index (χ1) is 9.29. The second-order valence-corrected chi connectivity index (χ2v) is 5.83. The van der Waals surface area contributed by atoms with E-state index in [2.05, 4.69) is 36.1 Å². The number of benzene rings is 1. The van der Waals surface area contributed by atoms with Crippen LogP contribution >= 0.6 is 0 Å². The highest BCUT2D eigenvalue weighted by atomic mass is 16.5. The molecule has 0 radical (unpaired) electrons. The van der Waals surface area contributed by atoms with Gasteiger partial charge in [-0.2, -0.15) is 0 Å². The summed E-state index contributed by atoms with van der Waals surface area (Å²) in [6, 6.07) is 8.33. The predicted molar refractivity (Wildman–Crippen MR) is 75.6 cm³/mol. The molecule has 0 aliphatic carbocycles. The molecule has 0 saturated carbocycles. The van der Waals surface area contributed by atoms with Crippen LogP contribution in [0.5, 0.6) is 5.75 Å². The Balaban J connectivity index is 1.34. The van der Waals surface area contributed by atoms with Crippen LogP contribution in [0.1, 0.15) is 18.4 Å². The van der Waals surface area contributed by atoms with Crippen molar-refractivity contribution < 1.29 is 9.47 Å². The Morgan fingerprint density at radius 1 is 1.26 bits per heavy atom. The van der Waals surface area contributed by atoms with E-state index in [1.807, 2.05) is 0 Å². The average molecular weight is 261 g/mol. The predicted octanol–water partition coefficient (Wildman–Crippen LogP) is 2.48. The van der Waals surface area contributed by atoms with Crippen LogP contribution in [0.25, 0.3) is 0 Å². The van der Waals surface area contributed by atoms with Crippen LogP contribution in [-0.4, -0.2) is 43.9 Å². The summed E-state index contributed by atoms with van der Waals surface area (Å²) in [7, 11) is 0. The molecule has 0 spiro atoms. The molecular formula is C16H23NO2. The fourth-order valence-corrected chi connectivity index (χ4v) is 2.77. The van der Waals surface area contributed by atoms with Crippen molar-refractivity contribution in [3.05, 3.63) is 29.8 Å². The number of aryl methyl sites for hydroxylation is 1. The molecule has 3 heteroatoms. The van der Waals surface area contributed by atoms with E-state index in [0.717, 1.165) is 38.0 Å². The fourth-order valence-electron chi connectivity index (χ4n) is 2.77. The van der Waals surface area contributed by atoms with Gasteiger partial charge in [-0.05, 0) is 44.4 Å². The van der Waals surface area contributed by atoms with Gasteiger partial charge in [-0.1, -0.05) is 17.7 Å². The molecule has 1 aromatic rings. The summed E-state index contributed by atoms with van der Waals surface area (Å²) in [6.07, 6.45) is 2.90. The Hall–Kier alpha value is -1.06.